The maximum Gasteiger partial charge on any atom is 0.310 e. The summed E-state index contributed by atoms with van der Waals surface area (Å²) in [7, 11) is 0. The number of carbonyl (C=O) groups excluding carboxylic acids is 2. The Hall–Kier alpha value is -1.10. The molecule has 0 aromatic rings. The van der Waals surface area contributed by atoms with Crippen LogP contribution in [0.5, 0.6) is 0 Å². The molecule has 0 amide bonds. The smallest absolute Gasteiger partial charge is 0.310 e. The van der Waals surface area contributed by atoms with E-state index < -0.39 is 11.8 Å². The van der Waals surface area contributed by atoms with Gasteiger partial charge in [0, 0.05) is 10.8 Å². The first-order valence-electron chi connectivity index (χ1n) is 19.4. The molecule has 256 valence electrons. The summed E-state index contributed by atoms with van der Waals surface area (Å²) in [5.41, 5.74) is -0.623. The van der Waals surface area contributed by atoms with Crippen molar-refractivity contribution in [3.05, 3.63) is 0 Å². The third-order valence-electron chi connectivity index (χ3n) is 11.5. The van der Waals surface area contributed by atoms with Gasteiger partial charge in [-0.05, 0) is 32.1 Å². The van der Waals surface area contributed by atoms with E-state index in [-0.39, 0.29) is 35.0 Å². The van der Waals surface area contributed by atoms with Gasteiger partial charge in [0.05, 0.1) is 37.3 Å². The molecule has 1 saturated heterocycles. The molecule has 6 atom stereocenters. The van der Waals surface area contributed by atoms with Crippen LogP contribution in [-0.4, -0.2) is 37.4 Å². The molecule has 5 heteroatoms. The van der Waals surface area contributed by atoms with Crippen LogP contribution < -0.4 is 0 Å². The molecule has 0 aromatic heterocycles. The summed E-state index contributed by atoms with van der Waals surface area (Å²) in [6.45, 7) is 9.82. The highest BCUT2D eigenvalue weighted by Gasteiger charge is 2.78. The normalized spacial score (nSPS) is 28.5. The molecule has 2 bridgehead atoms. The average Bonchev–Trinajstić information content (AvgIpc) is 3.85. The van der Waals surface area contributed by atoms with Crippen molar-refractivity contribution in [3.63, 3.8) is 0 Å². The first-order chi connectivity index (χ1) is 21.5. The lowest BCUT2D eigenvalue weighted by molar-refractivity contribution is -0.189. The Balaban J connectivity index is 1.47. The Morgan fingerprint density at radius 2 is 0.955 bits per heavy atom. The molecule has 5 nitrogen and oxygen atoms in total. The van der Waals surface area contributed by atoms with Crippen molar-refractivity contribution in [3.8, 4) is 0 Å². The minimum absolute atomic E-state index is 0.0778. The van der Waals surface area contributed by atoms with Gasteiger partial charge in [0.25, 0.3) is 0 Å². The molecular weight excluding hydrogens is 548 g/mol. The van der Waals surface area contributed by atoms with E-state index in [1.165, 1.54) is 103 Å². The Morgan fingerprint density at radius 3 is 1.41 bits per heavy atom. The predicted octanol–water partition coefficient (Wildman–Crippen LogP) is 10.9. The van der Waals surface area contributed by atoms with Crippen LogP contribution in [0.3, 0.4) is 0 Å². The van der Waals surface area contributed by atoms with E-state index in [1.54, 1.807) is 0 Å². The Labute approximate surface area is 271 Å². The zero-order chi connectivity index (χ0) is 31.7. The van der Waals surface area contributed by atoms with E-state index in [4.69, 9.17) is 14.2 Å². The molecule has 6 unspecified atom stereocenters. The Morgan fingerprint density at radius 1 is 0.545 bits per heavy atom. The van der Waals surface area contributed by atoms with Crippen LogP contribution in [0.4, 0.5) is 0 Å². The van der Waals surface area contributed by atoms with E-state index in [2.05, 4.69) is 27.7 Å². The molecule has 1 heterocycles. The molecule has 4 fully saturated rings. The van der Waals surface area contributed by atoms with Gasteiger partial charge < -0.3 is 14.2 Å². The van der Waals surface area contributed by atoms with Crippen molar-refractivity contribution in [2.75, 3.05) is 13.2 Å². The Kier molecular flexibility index (Phi) is 17.2. The minimum atomic E-state index is -0.458. The van der Waals surface area contributed by atoms with Gasteiger partial charge in [0.2, 0.25) is 0 Å². The van der Waals surface area contributed by atoms with Crippen molar-refractivity contribution in [2.45, 2.75) is 200 Å². The van der Waals surface area contributed by atoms with Crippen LogP contribution in [-0.2, 0) is 23.8 Å². The third kappa shape index (κ3) is 10.5. The first-order valence-corrected chi connectivity index (χ1v) is 19.4. The van der Waals surface area contributed by atoms with Gasteiger partial charge in [0.1, 0.15) is 0 Å². The van der Waals surface area contributed by atoms with Crippen molar-refractivity contribution >= 4 is 11.9 Å². The van der Waals surface area contributed by atoms with Gasteiger partial charge in [-0.2, -0.15) is 0 Å². The van der Waals surface area contributed by atoms with Crippen LogP contribution in [0.25, 0.3) is 0 Å². The zero-order valence-electron chi connectivity index (χ0n) is 29.4. The molecule has 0 N–H and O–H groups in total. The van der Waals surface area contributed by atoms with Crippen molar-refractivity contribution in [1.29, 1.82) is 0 Å². The number of carbonyl (C=O) groups is 2. The summed E-state index contributed by atoms with van der Waals surface area (Å²) < 4.78 is 18.3. The number of epoxide rings is 1. The highest BCUT2D eigenvalue weighted by molar-refractivity contribution is 5.85. The number of rotatable bonds is 27. The molecule has 0 spiro atoms. The lowest BCUT2D eigenvalue weighted by Crippen LogP contribution is -2.63. The fourth-order valence-corrected chi connectivity index (χ4v) is 8.62. The molecule has 0 radical (unpaired) electrons. The highest BCUT2D eigenvalue weighted by atomic mass is 16.6. The molecule has 1 aliphatic heterocycles. The molecule has 4 aliphatic rings. The highest BCUT2D eigenvalue weighted by Crippen LogP contribution is 2.71. The second-order valence-corrected chi connectivity index (χ2v) is 15.0. The number of fused-ring (bicyclic) bond motifs is 2. The van der Waals surface area contributed by atoms with Crippen LogP contribution in [0.1, 0.15) is 188 Å². The van der Waals surface area contributed by atoms with Gasteiger partial charge >= 0.3 is 11.9 Å². The van der Waals surface area contributed by atoms with Crippen LogP contribution >= 0.6 is 0 Å². The number of hydrogen-bond donors (Lipinski definition) is 0. The maximum absolute atomic E-state index is 13.9. The lowest BCUT2D eigenvalue weighted by Gasteiger charge is -2.56. The third-order valence-corrected chi connectivity index (χ3v) is 11.5. The number of hydrogen-bond acceptors (Lipinski definition) is 5. The quantitative estimate of drug-likeness (QED) is 0.0520. The summed E-state index contributed by atoms with van der Waals surface area (Å²) in [5.74, 6) is -1.25. The largest absolute Gasteiger partial charge is 0.465 e. The first kappa shape index (κ1) is 37.4. The second-order valence-electron chi connectivity index (χ2n) is 15.0. The standard InChI is InChI=1S/C39H70O5/c1-5-8-11-13-15-17-19-21-23-25-30-42-36(40)32-33(37(41)43-31-26-24-22-20-18-16-14-12-9-6-2)39(27-10-7-3)29-28-38(32,4)34-35(39)44-34/h32-35H,5-31H2,1-4H3. The van der Waals surface area contributed by atoms with E-state index >= 15 is 0 Å². The Bertz CT molecular complexity index is 808. The summed E-state index contributed by atoms with van der Waals surface area (Å²) in [4.78, 5) is 27.7. The zero-order valence-corrected chi connectivity index (χ0v) is 29.4. The molecule has 44 heavy (non-hydrogen) atoms. The fourth-order valence-electron chi connectivity index (χ4n) is 8.62. The van der Waals surface area contributed by atoms with Crippen LogP contribution in [0.2, 0.25) is 0 Å². The van der Waals surface area contributed by atoms with E-state index in [1.807, 2.05) is 0 Å². The average molecular weight is 619 g/mol. The molecule has 3 saturated carbocycles. The SMILES string of the molecule is CCCCCCCCCCCCOC(=O)C1C(C(=O)OCCCCCCCCCCCC)C2(CCCC)CCC1(C)C1OC12. The number of ether oxygens (including phenoxy) is 3. The van der Waals surface area contributed by atoms with E-state index in [0.717, 1.165) is 57.8 Å². The van der Waals surface area contributed by atoms with Gasteiger partial charge in [0.15, 0.2) is 0 Å². The lowest BCUT2D eigenvalue weighted by atomic mass is 9.44. The summed E-state index contributed by atoms with van der Waals surface area (Å²) in [6.07, 6.45) is 30.2. The molecular formula is C39H70O5. The summed E-state index contributed by atoms with van der Waals surface area (Å²) in [5, 5.41) is 0. The van der Waals surface area contributed by atoms with Crippen LogP contribution in [0.15, 0.2) is 0 Å². The van der Waals surface area contributed by atoms with Crippen molar-refractivity contribution in [1.82, 2.24) is 0 Å². The van der Waals surface area contributed by atoms with E-state index in [9.17, 15) is 9.59 Å². The molecule has 4 rings (SSSR count). The van der Waals surface area contributed by atoms with Crippen molar-refractivity contribution < 1.29 is 23.8 Å². The second kappa shape index (κ2) is 20.2. The van der Waals surface area contributed by atoms with Crippen molar-refractivity contribution in [2.24, 2.45) is 22.7 Å². The maximum atomic E-state index is 13.9. The number of unbranched alkanes of at least 4 members (excludes halogenated alkanes) is 19. The summed E-state index contributed by atoms with van der Waals surface area (Å²) >= 11 is 0. The monoisotopic (exact) mass is 619 g/mol. The number of esters is 2. The van der Waals surface area contributed by atoms with Crippen LogP contribution in [0, 0.1) is 22.7 Å². The molecule has 3 aliphatic carbocycles. The predicted molar refractivity (Wildman–Crippen MR) is 181 cm³/mol. The molecule has 0 aromatic carbocycles. The van der Waals surface area contributed by atoms with Gasteiger partial charge in [-0.15, -0.1) is 0 Å². The minimum Gasteiger partial charge on any atom is -0.465 e. The van der Waals surface area contributed by atoms with Gasteiger partial charge in [-0.1, -0.05) is 156 Å². The topological polar surface area (TPSA) is 65.1 Å². The van der Waals surface area contributed by atoms with Gasteiger partial charge in [-0.25, -0.2) is 0 Å². The fraction of sp³-hybridized carbons (Fsp3) is 0.949. The van der Waals surface area contributed by atoms with Gasteiger partial charge in [-0.3, -0.25) is 9.59 Å². The van der Waals surface area contributed by atoms with E-state index in [0.29, 0.717) is 13.2 Å². The summed E-state index contributed by atoms with van der Waals surface area (Å²) in [6, 6.07) is 0.